The number of rotatable bonds is 7. The van der Waals surface area contributed by atoms with Gasteiger partial charge in [0.25, 0.3) is 6.43 Å². The molecule has 0 radical (unpaired) electrons. The first-order valence-electron chi connectivity index (χ1n) is 8.34. The van der Waals surface area contributed by atoms with Gasteiger partial charge >= 0.3 is 0 Å². The van der Waals surface area contributed by atoms with Crippen molar-refractivity contribution in [3.8, 4) is 0 Å². The van der Waals surface area contributed by atoms with E-state index >= 15 is 0 Å². The van der Waals surface area contributed by atoms with Crippen LogP contribution in [0.15, 0.2) is 0 Å². The third kappa shape index (κ3) is 4.49. The van der Waals surface area contributed by atoms with Gasteiger partial charge in [0.15, 0.2) is 0 Å². The van der Waals surface area contributed by atoms with E-state index in [0.717, 1.165) is 37.4 Å². The molecule has 1 aliphatic rings. The second-order valence-electron chi connectivity index (χ2n) is 6.28. The zero-order chi connectivity index (χ0) is 17.0. The number of aryl methyl sites for hydroxylation is 1. The van der Waals surface area contributed by atoms with Gasteiger partial charge in [-0.05, 0) is 20.3 Å². The number of hydrogen-bond acceptors (Lipinski definition) is 4. The van der Waals surface area contributed by atoms with Crippen molar-refractivity contribution in [2.45, 2.75) is 52.7 Å². The zero-order valence-corrected chi connectivity index (χ0v) is 14.3. The Morgan fingerprint density at radius 1 is 1.30 bits per heavy atom. The monoisotopic (exact) mass is 330 g/mol. The lowest BCUT2D eigenvalue weighted by Gasteiger charge is -2.41. The molecule has 7 heteroatoms. The SMILES string of the molecule is CCC1CN(Cc2c(C)nn(CCO)c2C)CCN1CC(F)F. The molecular formula is C16H28F2N4O. The quantitative estimate of drug-likeness (QED) is 0.826. The molecule has 1 fully saturated rings. The van der Waals surface area contributed by atoms with E-state index in [1.54, 1.807) is 0 Å². The fraction of sp³-hybridized carbons (Fsp3) is 0.812. The van der Waals surface area contributed by atoms with Crippen molar-refractivity contribution in [2.24, 2.45) is 0 Å². The molecule has 23 heavy (non-hydrogen) atoms. The molecular weight excluding hydrogens is 302 g/mol. The van der Waals surface area contributed by atoms with Gasteiger partial charge < -0.3 is 5.11 Å². The van der Waals surface area contributed by atoms with Gasteiger partial charge in [-0.15, -0.1) is 0 Å². The standard InChI is InChI=1S/C16H28F2N4O/c1-4-14-9-20(5-6-21(14)11-16(17)18)10-15-12(2)19-22(7-8-23)13(15)3/h14,16,23H,4-11H2,1-3H3. The predicted octanol–water partition coefficient (Wildman–Crippen LogP) is 1.65. The molecule has 0 spiro atoms. The summed E-state index contributed by atoms with van der Waals surface area (Å²) in [5.41, 5.74) is 3.26. The van der Waals surface area contributed by atoms with Gasteiger partial charge in [0, 0.05) is 43.5 Å². The van der Waals surface area contributed by atoms with E-state index in [1.165, 1.54) is 5.56 Å². The number of alkyl halides is 2. The molecule has 5 nitrogen and oxygen atoms in total. The highest BCUT2D eigenvalue weighted by Gasteiger charge is 2.28. The van der Waals surface area contributed by atoms with E-state index in [9.17, 15) is 8.78 Å². The first-order chi connectivity index (χ1) is 11.0. The maximum atomic E-state index is 12.7. The van der Waals surface area contributed by atoms with Crippen LogP contribution >= 0.6 is 0 Å². The highest BCUT2D eigenvalue weighted by Crippen LogP contribution is 2.20. The molecule has 0 saturated carbocycles. The second kappa shape index (κ2) is 8.17. The van der Waals surface area contributed by atoms with Crippen LogP contribution in [0.5, 0.6) is 0 Å². The summed E-state index contributed by atoms with van der Waals surface area (Å²) in [4.78, 5) is 4.24. The van der Waals surface area contributed by atoms with Crippen molar-refractivity contribution in [2.75, 3.05) is 32.8 Å². The third-order valence-corrected chi connectivity index (χ3v) is 4.76. The highest BCUT2D eigenvalue weighted by molar-refractivity contribution is 5.24. The van der Waals surface area contributed by atoms with Crippen LogP contribution in [0, 0.1) is 13.8 Å². The summed E-state index contributed by atoms with van der Waals surface area (Å²) in [6.07, 6.45) is -1.39. The molecule has 2 rings (SSSR count). The summed E-state index contributed by atoms with van der Waals surface area (Å²) < 4.78 is 27.2. The Morgan fingerprint density at radius 3 is 2.65 bits per heavy atom. The first-order valence-corrected chi connectivity index (χ1v) is 8.34. The van der Waals surface area contributed by atoms with Gasteiger partial charge in [-0.1, -0.05) is 6.92 Å². The minimum Gasteiger partial charge on any atom is -0.394 e. The maximum absolute atomic E-state index is 12.7. The van der Waals surface area contributed by atoms with E-state index in [2.05, 4.69) is 16.9 Å². The highest BCUT2D eigenvalue weighted by atomic mass is 19.3. The topological polar surface area (TPSA) is 44.5 Å². The summed E-state index contributed by atoms with van der Waals surface area (Å²) >= 11 is 0. The summed E-state index contributed by atoms with van der Waals surface area (Å²) in [6, 6.07) is 0.186. The van der Waals surface area contributed by atoms with E-state index in [1.807, 2.05) is 23.4 Å². The second-order valence-corrected chi connectivity index (χ2v) is 6.28. The average Bonchev–Trinajstić information content (AvgIpc) is 2.76. The van der Waals surface area contributed by atoms with Gasteiger partial charge in [-0.2, -0.15) is 5.10 Å². The van der Waals surface area contributed by atoms with Crippen molar-refractivity contribution in [3.05, 3.63) is 17.0 Å². The molecule has 1 N–H and O–H groups in total. The van der Waals surface area contributed by atoms with Gasteiger partial charge in [-0.3, -0.25) is 14.5 Å². The van der Waals surface area contributed by atoms with Gasteiger partial charge in [0.1, 0.15) is 0 Å². The lowest BCUT2D eigenvalue weighted by molar-refractivity contribution is 0.0169. The lowest BCUT2D eigenvalue weighted by atomic mass is 10.1. The van der Waals surface area contributed by atoms with Crippen LogP contribution < -0.4 is 0 Å². The molecule has 132 valence electrons. The average molecular weight is 330 g/mol. The van der Waals surface area contributed by atoms with Crippen LogP contribution in [-0.2, 0) is 13.1 Å². The number of halogens is 2. The van der Waals surface area contributed by atoms with E-state index in [4.69, 9.17) is 5.11 Å². The molecule has 1 unspecified atom stereocenters. The van der Waals surface area contributed by atoms with Crippen LogP contribution in [0.4, 0.5) is 8.78 Å². The lowest BCUT2D eigenvalue weighted by Crippen LogP contribution is -2.53. The molecule has 0 bridgehead atoms. The van der Waals surface area contributed by atoms with Crippen LogP contribution in [-0.4, -0.2) is 69.9 Å². The zero-order valence-electron chi connectivity index (χ0n) is 14.3. The number of piperazine rings is 1. The van der Waals surface area contributed by atoms with Gasteiger partial charge in [0.2, 0.25) is 0 Å². The predicted molar refractivity (Wildman–Crippen MR) is 85.7 cm³/mol. The van der Waals surface area contributed by atoms with E-state index in [-0.39, 0.29) is 19.2 Å². The summed E-state index contributed by atoms with van der Waals surface area (Å²) in [5.74, 6) is 0. The first kappa shape index (κ1) is 18.3. The van der Waals surface area contributed by atoms with Gasteiger partial charge in [-0.25, -0.2) is 8.78 Å². The van der Waals surface area contributed by atoms with Crippen LogP contribution in [0.1, 0.15) is 30.3 Å². The molecule has 0 aromatic carbocycles. The number of aliphatic hydroxyl groups is 1. The molecule has 1 atom stereocenters. The molecule has 2 heterocycles. The van der Waals surface area contributed by atoms with Crippen molar-refractivity contribution in [3.63, 3.8) is 0 Å². The number of aromatic nitrogens is 2. The minimum atomic E-state index is -2.27. The maximum Gasteiger partial charge on any atom is 0.251 e. The van der Waals surface area contributed by atoms with Crippen molar-refractivity contribution >= 4 is 0 Å². The minimum absolute atomic E-state index is 0.0750. The fourth-order valence-corrected chi connectivity index (χ4v) is 3.40. The van der Waals surface area contributed by atoms with E-state index in [0.29, 0.717) is 13.1 Å². The summed E-state index contributed by atoms with van der Waals surface area (Å²) in [7, 11) is 0. The summed E-state index contributed by atoms with van der Waals surface area (Å²) in [5, 5.41) is 13.6. The molecule has 1 aromatic heterocycles. The van der Waals surface area contributed by atoms with Crippen molar-refractivity contribution in [1.29, 1.82) is 0 Å². The smallest absolute Gasteiger partial charge is 0.251 e. The Balaban J connectivity index is 2.02. The Bertz CT molecular complexity index is 507. The Labute approximate surface area is 136 Å². The van der Waals surface area contributed by atoms with E-state index < -0.39 is 6.43 Å². The van der Waals surface area contributed by atoms with Crippen molar-refractivity contribution < 1.29 is 13.9 Å². The molecule has 1 aliphatic heterocycles. The number of aliphatic hydroxyl groups excluding tert-OH is 1. The van der Waals surface area contributed by atoms with Crippen molar-refractivity contribution in [1.82, 2.24) is 19.6 Å². The van der Waals surface area contributed by atoms with Crippen LogP contribution in [0.2, 0.25) is 0 Å². The largest absolute Gasteiger partial charge is 0.394 e. The Hall–Kier alpha value is -1.05. The summed E-state index contributed by atoms with van der Waals surface area (Å²) in [6.45, 7) is 9.61. The molecule has 0 amide bonds. The molecule has 1 aromatic rings. The van der Waals surface area contributed by atoms with Gasteiger partial charge in [0.05, 0.1) is 25.4 Å². The Morgan fingerprint density at radius 2 is 2.04 bits per heavy atom. The number of hydrogen-bond donors (Lipinski definition) is 1. The third-order valence-electron chi connectivity index (χ3n) is 4.76. The molecule has 0 aliphatic carbocycles. The Kier molecular flexibility index (Phi) is 6.50. The fourth-order valence-electron chi connectivity index (χ4n) is 3.40. The number of nitrogens with zero attached hydrogens (tertiary/aromatic N) is 4. The van der Waals surface area contributed by atoms with Crippen LogP contribution in [0.25, 0.3) is 0 Å². The normalized spacial score (nSPS) is 20.6. The van der Waals surface area contributed by atoms with Crippen LogP contribution in [0.3, 0.4) is 0 Å². The molecule has 1 saturated heterocycles.